The van der Waals surface area contributed by atoms with Crippen LogP contribution >= 0.6 is 11.3 Å². The third-order valence-corrected chi connectivity index (χ3v) is 8.17. The molecule has 8 nitrogen and oxygen atoms in total. The van der Waals surface area contributed by atoms with Crippen molar-refractivity contribution in [2.45, 2.75) is 64.2 Å². The molecule has 1 aromatic carbocycles. The van der Waals surface area contributed by atoms with E-state index < -0.39 is 0 Å². The minimum atomic E-state index is 0.370. The van der Waals surface area contributed by atoms with Gasteiger partial charge >= 0.3 is 0 Å². The van der Waals surface area contributed by atoms with Crippen LogP contribution in [-0.4, -0.2) is 62.8 Å². The van der Waals surface area contributed by atoms with E-state index in [1.165, 1.54) is 6.42 Å². The zero-order valence-corrected chi connectivity index (χ0v) is 22.6. The minimum absolute atomic E-state index is 0.370. The lowest BCUT2D eigenvalue weighted by atomic mass is 9.96. The number of aromatic nitrogens is 2. The zero-order valence-electron chi connectivity index (χ0n) is 21.7. The quantitative estimate of drug-likeness (QED) is 0.332. The van der Waals surface area contributed by atoms with Gasteiger partial charge in [-0.25, -0.2) is 4.52 Å². The van der Waals surface area contributed by atoms with E-state index >= 15 is 0 Å². The average Bonchev–Trinajstić information content (AvgIpc) is 3.45. The molecule has 2 fully saturated rings. The normalized spacial score (nSPS) is 16.8. The molecule has 2 aromatic heterocycles. The molecular formula is C27H37N3O5S. The summed E-state index contributed by atoms with van der Waals surface area (Å²) in [7, 11) is 5.09. The molecule has 0 bridgehead atoms. The highest BCUT2D eigenvalue weighted by Crippen LogP contribution is 2.45. The van der Waals surface area contributed by atoms with Crippen LogP contribution in [0.2, 0.25) is 0 Å². The second-order valence-electron chi connectivity index (χ2n) is 9.47. The lowest BCUT2D eigenvalue weighted by Gasteiger charge is -2.35. The second kappa shape index (κ2) is 11.3. The summed E-state index contributed by atoms with van der Waals surface area (Å²) in [6.07, 6.45) is 6.97. The molecule has 0 radical (unpaired) electrons. The number of hydrogen-bond acceptors (Lipinski definition) is 8. The molecule has 3 heterocycles. The molecule has 36 heavy (non-hydrogen) atoms. The first-order valence-corrected chi connectivity index (χ1v) is 13.8. The van der Waals surface area contributed by atoms with Crippen molar-refractivity contribution in [2.24, 2.45) is 0 Å². The number of fused-ring (bicyclic) bond motifs is 1. The molecule has 1 aliphatic carbocycles. The average molecular weight is 516 g/mol. The highest BCUT2D eigenvalue weighted by Gasteiger charge is 2.30. The highest BCUT2D eigenvalue weighted by molar-refractivity contribution is 7.16. The maximum Gasteiger partial charge on any atom is 0.258 e. The summed E-state index contributed by atoms with van der Waals surface area (Å²) in [6.45, 7) is 5.29. The van der Waals surface area contributed by atoms with Crippen molar-refractivity contribution < 1.29 is 23.7 Å². The number of ether oxygens (including phenoxy) is 5. The van der Waals surface area contributed by atoms with Crippen LogP contribution in [0.1, 0.15) is 51.0 Å². The zero-order chi connectivity index (χ0) is 25.1. The van der Waals surface area contributed by atoms with Gasteiger partial charge in [-0.3, -0.25) is 0 Å². The Morgan fingerprint density at radius 2 is 1.78 bits per heavy atom. The molecule has 196 valence electrons. The predicted molar refractivity (Wildman–Crippen MR) is 142 cm³/mol. The van der Waals surface area contributed by atoms with Gasteiger partial charge in [0.25, 0.3) is 5.88 Å². The maximum atomic E-state index is 6.05. The Bertz CT molecular complexity index is 1140. The van der Waals surface area contributed by atoms with Crippen LogP contribution in [0.3, 0.4) is 0 Å². The predicted octanol–water partition coefficient (Wildman–Crippen LogP) is 5.55. The highest BCUT2D eigenvalue weighted by atomic mass is 32.1. The van der Waals surface area contributed by atoms with Crippen LogP contribution < -0.4 is 19.1 Å². The molecule has 1 aliphatic heterocycles. The van der Waals surface area contributed by atoms with Crippen LogP contribution in [0, 0.1) is 0 Å². The topological polar surface area (TPSA) is 66.7 Å². The Morgan fingerprint density at radius 1 is 1.06 bits per heavy atom. The number of nitrogens with zero attached hydrogens (tertiary/aromatic N) is 3. The summed E-state index contributed by atoms with van der Waals surface area (Å²) in [5, 5.41) is 7.04. The molecule has 2 aliphatic rings. The largest absolute Gasteiger partial charge is 0.496 e. The van der Waals surface area contributed by atoms with Gasteiger partial charge in [-0.15, -0.1) is 16.4 Å². The summed E-state index contributed by atoms with van der Waals surface area (Å²) in [5.41, 5.74) is 3.90. The summed E-state index contributed by atoms with van der Waals surface area (Å²) in [5.74, 6) is 2.13. The van der Waals surface area contributed by atoms with Crippen molar-refractivity contribution in [1.29, 1.82) is 0 Å². The number of hydrogen-bond donors (Lipinski definition) is 0. The summed E-state index contributed by atoms with van der Waals surface area (Å²) < 4.78 is 31.2. The molecule has 1 saturated heterocycles. The standard InChI is InChI=1S/C27H37N3O5S/c1-5-11-29(19-9-12-34-13-10-19)25-26(33-4)28-30-21(17-36-27(25)30)24-22(31-2)14-18(15-23(24)32-3)16-35-20-7-6-8-20/h14-15,17,19-20H,5-13,16H2,1-4H3. The fourth-order valence-corrected chi connectivity index (χ4v) is 6.12. The molecule has 0 N–H and O–H groups in total. The van der Waals surface area contributed by atoms with Crippen LogP contribution in [0.4, 0.5) is 5.69 Å². The Morgan fingerprint density at radius 3 is 2.36 bits per heavy atom. The first-order valence-electron chi connectivity index (χ1n) is 12.9. The van der Waals surface area contributed by atoms with Gasteiger partial charge in [0.1, 0.15) is 22.0 Å². The Balaban J connectivity index is 1.56. The number of benzene rings is 1. The summed E-state index contributed by atoms with van der Waals surface area (Å²) >= 11 is 1.67. The SMILES string of the molecule is CCCN(c1c(OC)nn2c(-c3c(OC)cc(COC4CCC4)cc3OC)csc12)C1CCOCC1. The van der Waals surface area contributed by atoms with Gasteiger partial charge in [0.15, 0.2) is 0 Å². The van der Waals surface area contributed by atoms with Crippen molar-refractivity contribution in [3.63, 3.8) is 0 Å². The van der Waals surface area contributed by atoms with Crippen molar-refractivity contribution >= 4 is 21.9 Å². The molecule has 0 spiro atoms. The first kappa shape index (κ1) is 25.2. The van der Waals surface area contributed by atoms with Crippen LogP contribution in [0.25, 0.3) is 16.1 Å². The minimum Gasteiger partial charge on any atom is -0.496 e. The van der Waals surface area contributed by atoms with E-state index in [2.05, 4.69) is 17.2 Å². The van der Waals surface area contributed by atoms with Crippen molar-refractivity contribution in [2.75, 3.05) is 46.0 Å². The van der Waals surface area contributed by atoms with E-state index in [0.29, 0.717) is 24.6 Å². The summed E-state index contributed by atoms with van der Waals surface area (Å²) in [4.78, 5) is 3.53. The Labute approximate surface area is 217 Å². The van der Waals surface area contributed by atoms with Crippen LogP contribution in [0.15, 0.2) is 17.5 Å². The van der Waals surface area contributed by atoms with E-state index in [4.69, 9.17) is 28.8 Å². The van der Waals surface area contributed by atoms with Gasteiger partial charge in [-0.2, -0.15) is 0 Å². The molecule has 9 heteroatoms. The van der Waals surface area contributed by atoms with Gasteiger partial charge in [0.2, 0.25) is 0 Å². The van der Waals surface area contributed by atoms with Gasteiger partial charge in [0, 0.05) is 31.2 Å². The molecule has 0 atom stereocenters. The van der Waals surface area contributed by atoms with Crippen molar-refractivity contribution in [3.8, 4) is 28.6 Å². The number of thiazole rings is 1. The monoisotopic (exact) mass is 515 g/mol. The molecule has 0 amide bonds. The summed E-state index contributed by atoms with van der Waals surface area (Å²) in [6, 6.07) is 4.50. The van der Waals surface area contributed by atoms with Gasteiger partial charge in [-0.05, 0) is 56.2 Å². The molecule has 1 saturated carbocycles. The van der Waals surface area contributed by atoms with Crippen LogP contribution in [0.5, 0.6) is 17.4 Å². The molecule has 0 unspecified atom stereocenters. The number of anilines is 1. The molecule has 5 rings (SSSR count). The second-order valence-corrected chi connectivity index (χ2v) is 10.3. The number of methoxy groups -OCH3 is 3. The fourth-order valence-electron chi connectivity index (χ4n) is 5.12. The van der Waals surface area contributed by atoms with E-state index in [0.717, 1.165) is 90.7 Å². The van der Waals surface area contributed by atoms with E-state index in [1.54, 1.807) is 32.7 Å². The lowest BCUT2D eigenvalue weighted by molar-refractivity contribution is -0.00877. The Kier molecular flexibility index (Phi) is 7.88. The van der Waals surface area contributed by atoms with Crippen LogP contribution in [-0.2, 0) is 16.1 Å². The van der Waals surface area contributed by atoms with Crippen molar-refractivity contribution in [3.05, 3.63) is 23.1 Å². The van der Waals surface area contributed by atoms with Crippen molar-refractivity contribution in [1.82, 2.24) is 9.61 Å². The van der Waals surface area contributed by atoms with E-state index in [-0.39, 0.29) is 0 Å². The lowest BCUT2D eigenvalue weighted by Crippen LogP contribution is -2.40. The number of rotatable bonds is 11. The first-order chi connectivity index (χ1) is 17.7. The smallest absolute Gasteiger partial charge is 0.258 e. The molecular weight excluding hydrogens is 478 g/mol. The van der Waals surface area contributed by atoms with Gasteiger partial charge in [-0.1, -0.05) is 6.92 Å². The third kappa shape index (κ3) is 4.76. The van der Waals surface area contributed by atoms with Gasteiger partial charge in [0.05, 0.1) is 45.3 Å². The van der Waals surface area contributed by atoms with E-state index in [9.17, 15) is 0 Å². The maximum absolute atomic E-state index is 6.05. The Hall–Kier alpha value is -2.49. The van der Waals surface area contributed by atoms with E-state index in [1.807, 2.05) is 16.6 Å². The van der Waals surface area contributed by atoms with Gasteiger partial charge < -0.3 is 28.6 Å². The third-order valence-electron chi connectivity index (χ3n) is 7.24. The fraction of sp³-hybridized carbons (Fsp3) is 0.593. The molecule has 3 aromatic rings.